The van der Waals surface area contributed by atoms with Gasteiger partial charge in [-0.25, -0.2) is 0 Å². The molecule has 0 amide bonds. The molecule has 122 valence electrons. The fraction of sp³-hybridized carbons (Fsp3) is 0.619. The number of fused-ring (bicyclic) bond motifs is 5. The smallest absolute Gasteiger partial charge is 0.130 e. The second-order valence-corrected chi connectivity index (χ2v) is 8.46. The van der Waals surface area contributed by atoms with Crippen molar-refractivity contribution < 1.29 is 10.2 Å². The molecule has 0 heterocycles. The monoisotopic (exact) mass is 310 g/mol. The van der Waals surface area contributed by atoms with Crippen LogP contribution in [-0.4, -0.2) is 15.8 Å². The molecular formula is C21H26O2. The summed E-state index contributed by atoms with van der Waals surface area (Å²) >= 11 is 0. The molecule has 2 saturated carbocycles. The first kappa shape index (κ1) is 15.1. The minimum Gasteiger partial charge on any atom is -0.508 e. The largest absolute Gasteiger partial charge is 0.508 e. The number of hydrogen-bond donors (Lipinski definition) is 2. The molecule has 0 aliphatic heterocycles. The summed E-state index contributed by atoms with van der Waals surface area (Å²) in [5.74, 6) is 4.72. The molecule has 4 aliphatic carbocycles. The van der Waals surface area contributed by atoms with E-state index in [1.54, 1.807) is 0 Å². The van der Waals surface area contributed by atoms with E-state index in [1.165, 1.54) is 5.57 Å². The molecule has 1 unspecified atom stereocenters. The lowest BCUT2D eigenvalue weighted by Gasteiger charge is -2.56. The van der Waals surface area contributed by atoms with Crippen LogP contribution in [0.1, 0.15) is 46.0 Å². The van der Waals surface area contributed by atoms with Crippen molar-refractivity contribution in [1.29, 1.82) is 0 Å². The van der Waals surface area contributed by atoms with E-state index >= 15 is 0 Å². The average molecular weight is 310 g/mol. The Balaban J connectivity index is 1.74. The Morgan fingerprint density at radius 1 is 1.22 bits per heavy atom. The molecule has 4 rings (SSSR count). The van der Waals surface area contributed by atoms with Crippen LogP contribution in [0.2, 0.25) is 0 Å². The van der Waals surface area contributed by atoms with Crippen molar-refractivity contribution in [3.8, 4) is 12.3 Å². The Morgan fingerprint density at radius 2 is 1.96 bits per heavy atom. The van der Waals surface area contributed by atoms with Crippen molar-refractivity contribution in [2.75, 3.05) is 0 Å². The van der Waals surface area contributed by atoms with Gasteiger partial charge in [0.15, 0.2) is 0 Å². The molecule has 0 spiro atoms. The maximum absolute atomic E-state index is 11.0. The van der Waals surface area contributed by atoms with E-state index in [0.717, 1.165) is 32.1 Å². The van der Waals surface area contributed by atoms with Crippen LogP contribution in [-0.2, 0) is 0 Å². The molecule has 0 aromatic carbocycles. The third kappa shape index (κ3) is 1.75. The molecule has 4 aliphatic rings. The molecule has 23 heavy (non-hydrogen) atoms. The predicted molar refractivity (Wildman–Crippen MR) is 91.5 cm³/mol. The summed E-state index contributed by atoms with van der Waals surface area (Å²) in [6.07, 6.45) is 18.9. The van der Waals surface area contributed by atoms with Crippen LogP contribution in [0.15, 0.2) is 35.6 Å². The lowest BCUT2D eigenvalue weighted by molar-refractivity contribution is -0.0853. The van der Waals surface area contributed by atoms with Crippen LogP contribution in [0, 0.1) is 40.9 Å². The van der Waals surface area contributed by atoms with Crippen molar-refractivity contribution in [3.05, 3.63) is 35.6 Å². The number of aliphatic hydroxyl groups is 2. The molecule has 2 N–H and O–H groups in total. The zero-order valence-electron chi connectivity index (χ0n) is 14.0. The summed E-state index contributed by atoms with van der Waals surface area (Å²) < 4.78 is 0. The van der Waals surface area contributed by atoms with Gasteiger partial charge in [0.1, 0.15) is 11.4 Å². The second-order valence-electron chi connectivity index (χ2n) is 8.46. The normalized spacial score (nSPS) is 51.0. The van der Waals surface area contributed by atoms with Gasteiger partial charge in [-0.2, -0.15) is 0 Å². The lowest BCUT2D eigenvalue weighted by Crippen LogP contribution is -2.53. The SMILES string of the molecule is C#CC1(O)CC[C@H]2[C@@H]3CC=C4C=C(O)C=C[C@]4(C)[C@@H]3CC[C@@]21C. The van der Waals surface area contributed by atoms with Crippen molar-refractivity contribution >= 4 is 0 Å². The maximum atomic E-state index is 11.0. The Kier molecular flexibility index (Phi) is 2.98. The molecule has 0 aromatic heterocycles. The first-order chi connectivity index (χ1) is 10.8. The Labute approximate surface area is 139 Å². The van der Waals surface area contributed by atoms with E-state index in [1.807, 2.05) is 12.2 Å². The van der Waals surface area contributed by atoms with Gasteiger partial charge in [-0.1, -0.05) is 31.9 Å². The van der Waals surface area contributed by atoms with Crippen LogP contribution in [0.25, 0.3) is 0 Å². The molecule has 2 fully saturated rings. The molecule has 0 radical (unpaired) electrons. The molecule has 0 bridgehead atoms. The minimum atomic E-state index is -0.936. The second kappa shape index (κ2) is 4.54. The van der Waals surface area contributed by atoms with Gasteiger partial charge in [-0.05, 0) is 67.6 Å². The third-order valence-corrected chi connectivity index (χ3v) is 7.73. The fourth-order valence-corrected chi connectivity index (χ4v) is 6.21. The summed E-state index contributed by atoms with van der Waals surface area (Å²) in [5.41, 5.74) is 0.176. The quantitative estimate of drug-likeness (QED) is 0.660. The highest BCUT2D eigenvalue weighted by Gasteiger charge is 2.62. The van der Waals surface area contributed by atoms with Gasteiger partial charge in [0, 0.05) is 10.8 Å². The van der Waals surface area contributed by atoms with Gasteiger partial charge in [0.2, 0.25) is 0 Å². The fourth-order valence-electron chi connectivity index (χ4n) is 6.21. The van der Waals surface area contributed by atoms with Gasteiger partial charge >= 0.3 is 0 Å². The highest BCUT2D eigenvalue weighted by molar-refractivity contribution is 5.43. The minimum absolute atomic E-state index is 0.00727. The van der Waals surface area contributed by atoms with Crippen LogP contribution in [0.4, 0.5) is 0 Å². The third-order valence-electron chi connectivity index (χ3n) is 7.73. The first-order valence-corrected chi connectivity index (χ1v) is 8.85. The van der Waals surface area contributed by atoms with Crippen LogP contribution < -0.4 is 0 Å². The standard InChI is InChI=1S/C21H26O2/c1-4-21(23)12-9-18-16-6-5-14-13-15(22)7-10-19(14,2)17(16)8-11-20(18,21)3/h1,5,7,10,13,16-18,22-23H,6,8-9,11-12H2,2-3H3/t16-,17-,18+,19+,20+,21?/m1/s1. The highest BCUT2D eigenvalue weighted by atomic mass is 16.3. The van der Waals surface area contributed by atoms with Gasteiger partial charge in [-0.3, -0.25) is 0 Å². The van der Waals surface area contributed by atoms with Crippen molar-refractivity contribution in [1.82, 2.24) is 0 Å². The topological polar surface area (TPSA) is 40.5 Å². The summed E-state index contributed by atoms with van der Waals surface area (Å²) in [4.78, 5) is 0. The summed E-state index contributed by atoms with van der Waals surface area (Å²) in [7, 11) is 0. The summed E-state index contributed by atoms with van der Waals surface area (Å²) in [5, 5.41) is 20.8. The lowest BCUT2D eigenvalue weighted by atomic mass is 9.48. The van der Waals surface area contributed by atoms with E-state index in [-0.39, 0.29) is 10.8 Å². The van der Waals surface area contributed by atoms with E-state index < -0.39 is 5.60 Å². The zero-order valence-corrected chi connectivity index (χ0v) is 14.0. The molecule has 2 heteroatoms. The Hall–Kier alpha value is -1.46. The predicted octanol–water partition coefficient (Wildman–Crippen LogP) is 4.14. The average Bonchev–Trinajstić information content (AvgIpc) is 2.80. The zero-order chi connectivity index (χ0) is 16.5. The van der Waals surface area contributed by atoms with Crippen LogP contribution >= 0.6 is 0 Å². The Morgan fingerprint density at radius 3 is 2.70 bits per heavy atom. The van der Waals surface area contributed by atoms with E-state index in [0.29, 0.717) is 23.5 Å². The number of rotatable bonds is 0. The van der Waals surface area contributed by atoms with Crippen LogP contribution in [0.5, 0.6) is 0 Å². The number of aliphatic hydroxyl groups excluding tert-OH is 1. The van der Waals surface area contributed by atoms with E-state index in [4.69, 9.17) is 6.42 Å². The van der Waals surface area contributed by atoms with E-state index in [9.17, 15) is 10.2 Å². The molecule has 0 saturated heterocycles. The van der Waals surface area contributed by atoms with E-state index in [2.05, 4.69) is 31.9 Å². The summed E-state index contributed by atoms with van der Waals surface area (Å²) in [6, 6.07) is 0. The van der Waals surface area contributed by atoms with Gasteiger partial charge < -0.3 is 10.2 Å². The van der Waals surface area contributed by atoms with Crippen LogP contribution in [0.3, 0.4) is 0 Å². The van der Waals surface area contributed by atoms with Crippen molar-refractivity contribution in [2.24, 2.45) is 28.6 Å². The molecule has 6 atom stereocenters. The molecule has 0 aromatic rings. The number of hydrogen-bond acceptors (Lipinski definition) is 2. The van der Waals surface area contributed by atoms with Crippen molar-refractivity contribution in [3.63, 3.8) is 0 Å². The van der Waals surface area contributed by atoms with Crippen molar-refractivity contribution in [2.45, 2.75) is 51.6 Å². The maximum Gasteiger partial charge on any atom is 0.130 e. The van der Waals surface area contributed by atoms with Gasteiger partial charge in [0.25, 0.3) is 0 Å². The summed E-state index contributed by atoms with van der Waals surface area (Å²) in [6.45, 7) is 4.52. The first-order valence-electron chi connectivity index (χ1n) is 8.85. The highest BCUT2D eigenvalue weighted by Crippen LogP contribution is 2.66. The Bertz CT molecular complexity index is 678. The number of terminal acetylenes is 1. The molecule has 2 nitrogen and oxygen atoms in total. The van der Waals surface area contributed by atoms with Gasteiger partial charge in [-0.15, -0.1) is 6.42 Å². The van der Waals surface area contributed by atoms with Gasteiger partial charge in [0.05, 0.1) is 0 Å². The number of allylic oxidation sites excluding steroid dienone is 5. The molecular weight excluding hydrogens is 284 g/mol.